The van der Waals surface area contributed by atoms with E-state index < -0.39 is 0 Å². The number of methoxy groups -OCH3 is 1. The highest BCUT2D eigenvalue weighted by Gasteiger charge is 2.42. The molecule has 1 aliphatic heterocycles. The van der Waals surface area contributed by atoms with Gasteiger partial charge in [0.15, 0.2) is 0 Å². The molecule has 3 N–H and O–H groups in total. The fraction of sp³-hybridized carbons (Fsp3) is 0.588. The van der Waals surface area contributed by atoms with E-state index in [2.05, 4.69) is 31.0 Å². The summed E-state index contributed by atoms with van der Waals surface area (Å²) in [4.78, 5) is 15.0. The van der Waals surface area contributed by atoms with Crippen molar-refractivity contribution < 1.29 is 9.53 Å². The maximum Gasteiger partial charge on any atom is 0.241 e. The van der Waals surface area contributed by atoms with Gasteiger partial charge >= 0.3 is 0 Å². The molecule has 1 fully saturated rings. The summed E-state index contributed by atoms with van der Waals surface area (Å²) in [6, 6.07) is 3.25. The Kier molecular flexibility index (Phi) is 5.23. The maximum atomic E-state index is 12.8. The molecule has 128 valence electrons. The molecule has 5 nitrogen and oxygen atoms in total. The fourth-order valence-electron chi connectivity index (χ4n) is 2.99. The third-order valence-corrected chi connectivity index (χ3v) is 4.88. The fourth-order valence-corrected chi connectivity index (χ4v) is 3.15. The van der Waals surface area contributed by atoms with Crippen LogP contribution < -0.4 is 11.1 Å². The number of rotatable bonds is 3. The number of amides is 1. The first-order valence-corrected chi connectivity index (χ1v) is 8.18. The molecule has 0 spiro atoms. The van der Waals surface area contributed by atoms with E-state index in [1.165, 1.54) is 0 Å². The number of nitrogens with zero attached hydrogens (tertiary/aromatic N) is 1. The van der Waals surface area contributed by atoms with E-state index in [1.807, 2.05) is 6.92 Å². The summed E-state index contributed by atoms with van der Waals surface area (Å²) in [7, 11) is 1.69. The van der Waals surface area contributed by atoms with Gasteiger partial charge in [-0.15, -0.1) is 0 Å². The van der Waals surface area contributed by atoms with Crippen LogP contribution in [0.25, 0.3) is 0 Å². The lowest BCUT2D eigenvalue weighted by molar-refractivity contribution is -0.121. The summed E-state index contributed by atoms with van der Waals surface area (Å²) < 4.78 is 5.46. The molecule has 0 aliphatic carbocycles. The van der Waals surface area contributed by atoms with Crippen molar-refractivity contribution in [3.8, 4) is 0 Å². The van der Waals surface area contributed by atoms with Crippen LogP contribution in [-0.2, 0) is 9.53 Å². The van der Waals surface area contributed by atoms with Gasteiger partial charge in [-0.2, -0.15) is 0 Å². The Morgan fingerprint density at radius 2 is 2.09 bits per heavy atom. The van der Waals surface area contributed by atoms with Crippen LogP contribution in [0.1, 0.15) is 32.8 Å². The predicted molar refractivity (Wildman–Crippen MR) is 94.9 cm³/mol. The second kappa shape index (κ2) is 6.67. The molecule has 0 aromatic heterocycles. The topological polar surface area (TPSA) is 67.6 Å². The SMILES string of the molecule is CO[C@H]1C[C@@H](C(=O)Nc2ccc(Cl)c(C)c2N)N(C(C)(C)C)C1. The zero-order valence-corrected chi connectivity index (χ0v) is 15.2. The predicted octanol–water partition coefficient (Wildman–Crippen LogP) is 3.06. The summed E-state index contributed by atoms with van der Waals surface area (Å²) in [5.41, 5.74) is 7.84. The van der Waals surface area contributed by atoms with E-state index in [4.69, 9.17) is 22.1 Å². The van der Waals surface area contributed by atoms with Crippen LogP contribution >= 0.6 is 11.6 Å². The number of likely N-dealkylation sites (tertiary alicyclic amines) is 1. The van der Waals surface area contributed by atoms with Gasteiger partial charge < -0.3 is 15.8 Å². The first-order chi connectivity index (χ1) is 10.6. The Bertz CT molecular complexity index is 598. The minimum Gasteiger partial charge on any atom is -0.397 e. The van der Waals surface area contributed by atoms with Crippen LogP contribution in [0.4, 0.5) is 11.4 Å². The van der Waals surface area contributed by atoms with Crippen LogP contribution in [0.5, 0.6) is 0 Å². The molecule has 0 bridgehead atoms. The number of hydrogen-bond donors (Lipinski definition) is 2. The maximum absolute atomic E-state index is 12.8. The molecule has 23 heavy (non-hydrogen) atoms. The minimum absolute atomic E-state index is 0.0621. The number of benzene rings is 1. The molecule has 1 aromatic carbocycles. The summed E-state index contributed by atoms with van der Waals surface area (Å²) in [5, 5.41) is 3.54. The third kappa shape index (κ3) is 3.79. The Hall–Kier alpha value is -1.30. The average molecular weight is 340 g/mol. The van der Waals surface area contributed by atoms with E-state index in [-0.39, 0.29) is 23.6 Å². The number of nitrogens with two attached hydrogens (primary N) is 1. The molecule has 1 aliphatic rings. The van der Waals surface area contributed by atoms with Crippen molar-refractivity contribution in [1.82, 2.24) is 4.90 Å². The zero-order chi connectivity index (χ0) is 17.4. The lowest BCUT2D eigenvalue weighted by Gasteiger charge is -2.36. The average Bonchev–Trinajstić information content (AvgIpc) is 2.92. The molecule has 1 amide bonds. The van der Waals surface area contributed by atoms with Crippen LogP contribution in [-0.4, -0.2) is 42.1 Å². The molecule has 0 saturated carbocycles. The van der Waals surface area contributed by atoms with Gasteiger partial charge in [-0.3, -0.25) is 9.69 Å². The second-order valence-electron chi connectivity index (χ2n) is 7.06. The van der Waals surface area contributed by atoms with Crippen molar-refractivity contribution in [3.05, 3.63) is 22.7 Å². The zero-order valence-electron chi connectivity index (χ0n) is 14.4. The first kappa shape index (κ1) is 18.0. The van der Waals surface area contributed by atoms with Crippen LogP contribution in [0.3, 0.4) is 0 Å². The molecule has 2 atom stereocenters. The number of halogens is 1. The number of nitrogen functional groups attached to an aromatic ring is 1. The molecule has 1 heterocycles. The van der Waals surface area contributed by atoms with E-state index in [0.29, 0.717) is 22.8 Å². The van der Waals surface area contributed by atoms with E-state index in [9.17, 15) is 4.79 Å². The summed E-state index contributed by atoms with van der Waals surface area (Å²) in [6.45, 7) is 8.89. The lowest BCUT2D eigenvalue weighted by Crippen LogP contribution is -2.49. The van der Waals surface area contributed by atoms with Gasteiger partial charge in [0.1, 0.15) is 0 Å². The summed E-state index contributed by atoms with van der Waals surface area (Å²) in [6.07, 6.45) is 0.737. The second-order valence-corrected chi connectivity index (χ2v) is 7.46. The van der Waals surface area contributed by atoms with Gasteiger partial charge in [-0.1, -0.05) is 11.6 Å². The molecule has 1 aromatic rings. The van der Waals surface area contributed by atoms with Gasteiger partial charge in [0.2, 0.25) is 5.91 Å². The molecule has 0 unspecified atom stereocenters. The largest absolute Gasteiger partial charge is 0.397 e. The number of anilines is 2. The molecular weight excluding hydrogens is 314 g/mol. The van der Waals surface area contributed by atoms with Gasteiger partial charge in [-0.25, -0.2) is 0 Å². The molecule has 1 saturated heterocycles. The summed E-state index contributed by atoms with van der Waals surface area (Å²) in [5.74, 6) is -0.0621. The summed E-state index contributed by atoms with van der Waals surface area (Å²) >= 11 is 6.05. The number of hydrogen-bond acceptors (Lipinski definition) is 4. The Morgan fingerprint density at radius 3 is 2.65 bits per heavy atom. The van der Waals surface area contributed by atoms with E-state index >= 15 is 0 Å². The van der Waals surface area contributed by atoms with Crippen LogP contribution in [0.2, 0.25) is 5.02 Å². The van der Waals surface area contributed by atoms with Crippen molar-refractivity contribution in [2.45, 2.75) is 51.8 Å². The highest BCUT2D eigenvalue weighted by Crippen LogP contribution is 2.31. The standard InChI is InChI=1S/C17H26ClN3O2/c1-10-12(18)6-7-13(15(10)19)20-16(22)14-8-11(23-5)9-21(14)17(2,3)4/h6-7,11,14H,8-9,19H2,1-5H3,(H,20,22)/t11-,14-/m0/s1. The smallest absolute Gasteiger partial charge is 0.241 e. The number of nitrogens with one attached hydrogen (secondary N) is 1. The quantitative estimate of drug-likeness (QED) is 0.830. The molecular formula is C17H26ClN3O2. The Balaban J connectivity index is 2.21. The molecule has 6 heteroatoms. The van der Waals surface area contributed by atoms with Crippen molar-refractivity contribution in [3.63, 3.8) is 0 Å². The van der Waals surface area contributed by atoms with Crippen molar-refractivity contribution in [2.24, 2.45) is 0 Å². The monoisotopic (exact) mass is 339 g/mol. The number of ether oxygens (including phenoxy) is 1. The molecule has 0 radical (unpaired) electrons. The normalized spacial score (nSPS) is 22.3. The Morgan fingerprint density at radius 1 is 1.43 bits per heavy atom. The van der Waals surface area contributed by atoms with Crippen molar-refractivity contribution in [1.29, 1.82) is 0 Å². The van der Waals surface area contributed by atoms with Crippen LogP contribution in [0, 0.1) is 6.92 Å². The minimum atomic E-state index is -0.240. The number of carbonyl (C=O) groups is 1. The number of carbonyl (C=O) groups excluding carboxylic acids is 1. The lowest BCUT2D eigenvalue weighted by atomic mass is 10.0. The van der Waals surface area contributed by atoms with Crippen LogP contribution in [0.15, 0.2) is 12.1 Å². The van der Waals surface area contributed by atoms with Gasteiger partial charge in [-0.05, 0) is 51.8 Å². The van der Waals surface area contributed by atoms with Gasteiger partial charge in [0, 0.05) is 24.2 Å². The van der Waals surface area contributed by atoms with Crippen molar-refractivity contribution in [2.75, 3.05) is 24.7 Å². The highest BCUT2D eigenvalue weighted by atomic mass is 35.5. The highest BCUT2D eigenvalue weighted by molar-refractivity contribution is 6.32. The third-order valence-electron chi connectivity index (χ3n) is 4.47. The van der Waals surface area contributed by atoms with E-state index in [1.54, 1.807) is 19.2 Å². The molecule has 2 rings (SSSR count). The Labute approximate surface area is 143 Å². The van der Waals surface area contributed by atoms with Gasteiger partial charge in [0.25, 0.3) is 0 Å². The van der Waals surface area contributed by atoms with Gasteiger partial charge in [0.05, 0.1) is 23.5 Å². The van der Waals surface area contributed by atoms with Crippen molar-refractivity contribution >= 4 is 28.9 Å². The first-order valence-electron chi connectivity index (χ1n) is 7.80. The van der Waals surface area contributed by atoms with E-state index in [0.717, 1.165) is 12.1 Å².